The number of benzene rings is 1. The van der Waals surface area contributed by atoms with Crippen molar-refractivity contribution >= 4 is 18.0 Å². The summed E-state index contributed by atoms with van der Waals surface area (Å²) in [5.74, 6) is 0.521. The molecule has 0 aliphatic carbocycles. The van der Waals surface area contributed by atoms with E-state index in [1.165, 1.54) is 0 Å². The minimum atomic E-state index is -0.980. The van der Waals surface area contributed by atoms with Gasteiger partial charge in [0.15, 0.2) is 0 Å². The van der Waals surface area contributed by atoms with E-state index < -0.39 is 6.09 Å². The number of hydrogen-bond acceptors (Lipinski definition) is 4. The Bertz CT molecular complexity index is 509. The molecule has 1 atom stereocenters. The standard InChI is InChI=1S/C17H28N2O3S/c1-12(2)10-19(8-7-14(4)18-17(21)22)23-16-6-5-13(3)15(9-16)11-20/h5-6,9,12,14,18,20H,7-8,10-11H2,1-4H3,(H,21,22). The van der Waals surface area contributed by atoms with Gasteiger partial charge in [0.2, 0.25) is 0 Å². The highest BCUT2D eigenvalue weighted by Gasteiger charge is 2.13. The predicted molar refractivity (Wildman–Crippen MR) is 94.6 cm³/mol. The summed E-state index contributed by atoms with van der Waals surface area (Å²) in [6.45, 7) is 9.97. The minimum Gasteiger partial charge on any atom is -0.465 e. The number of amides is 1. The zero-order valence-electron chi connectivity index (χ0n) is 14.4. The quantitative estimate of drug-likeness (QED) is 0.600. The van der Waals surface area contributed by atoms with Gasteiger partial charge in [-0.05, 0) is 61.4 Å². The lowest BCUT2D eigenvalue weighted by Gasteiger charge is -2.25. The molecule has 0 saturated carbocycles. The smallest absolute Gasteiger partial charge is 0.404 e. The molecule has 1 aromatic carbocycles. The van der Waals surface area contributed by atoms with Gasteiger partial charge >= 0.3 is 6.09 Å². The van der Waals surface area contributed by atoms with Gasteiger partial charge in [0.25, 0.3) is 0 Å². The summed E-state index contributed by atoms with van der Waals surface area (Å²) >= 11 is 1.66. The van der Waals surface area contributed by atoms with Crippen LogP contribution in [0.1, 0.15) is 38.3 Å². The molecule has 23 heavy (non-hydrogen) atoms. The molecule has 1 unspecified atom stereocenters. The number of carbonyl (C=O) groups is 1. The van der Waals surface area contributed by atoms with Crippen molar-refractivity contribution < 1.29 is 15.0 Å². The van der Waals surface area contributed by atoms with Crippen molar-refractivity contribution in [2.24, 2.45) is 5.92 Å². The summed E-state index contributed by atoms with van der Waals surface area (Å²) < 4.78 is 2.26. The number of hydrogen-bond donors (Lipinski definition) is 3. The first-order valence-corrected chi connectivity index (χ1v) is 8.72. The van der Waals surface area contributed by atoms with Gasteiger partial charge in [0.1, 0.15) is 0 Å². The monoisotopic (exact) mass is 340 g/mol. The lowest BCUT2D eigenvalue weighted by Crippen LogP contribution is -2.34. The maximum absolute atomic E-state index is 10.7. The van der Waals surface area contributed by atoms with Crippen LogP contribution in [0, 0.1) is 12.8 Å². The molecule has 0 aromatic heterocycles. The minimum absolute atomic E-state index is 0.0456. The second kappa shape index (κ2) is 9.80. The third-order valence-electron chi connectivity index (χ3n) is 3.48. The molecular formula is C17H28N2O3S. The van der Waals surface area contributed by atoms with Crippen molar-refractivity contribution in [2.75, 3.05) is 13.1 Å². The molecule has 1 aromatic rings. The highest BCUT2D eigenvalue weighted by atomic mass is 32.2. The lowest BCUT2D eigenvalue weighted by molar-refractivity contribution is 0.189. The van der Waals surface area contributed by atoms with Crippen LogP contribution in [0.5, 0.6) is 0 Å². The summed E-state index contributed by atoms with van der Waals surface area (Å²) in [7, 11) is 0. The number of rotatable bonds is 9. The van der Waals surface area contributed by atoms with E-state index in [1.807, 2.05) is 26.0 Å². The first-order valence-electron chi connectivity index (χ1n) is 7.94. The molecule has 0 radical (unpaired) electrons. The first-order chi connectivity index (χ1) is 10.8. The van der Waals surface area contributed by atoms with Crippen LogP contribution >= 0.6 is 11.9 Å². The molecule has 0 fully saturated rings. The predicted octanol–water partition coefficient (Wildman–Crippen LogP) is 3.50. The Kier molecular flexibility index (Phi) is 8.44. The number of aryl methyl sites for hydroxylation is 1. The molecule has 130 valence electrons. The van der Waals surface area contributed by atoms with E-state index in [0.29, 0.717) is 5.92 Å². The summed E-state index contributed by atoms with van der Waals surface area (Å²) in [5.41, 5.74) is 2.03. The Balaban J connectivity index is 2.68. The second-order valence-electron chi connectivity index (χ2n) is 6.26. The SMILES string of the molecule is Cc1ccc(SN(CCC(C)NC(=O)O)CC(C)C)cc1CO. The van der Waals surface area contributed by atoms with Crippen LogP contribution in [0.3, 0.4) is 0 Å². The molecule has 0 aliphatic rings. The number of nitrogens with one attached hydrogen (secondary N) is 1. The highest BCUT2D eigenvalue weighted by molar-refractivity contribution is 7.97. The fourth-order valence-electron chi connectivity index (χ4n) is 2.23. The van der Waals surface area contributed by atoms with Crippen molar-refractivity contribution in [2.45, 2.75) is 51.7 Å². The number of aliphatic hydroxyl groups is 1. The van der Waals surface area contributed by atoms with Crippen LogP contribution in [-0.2, 0) is 6.61 Å². The summed E-state index contributed by atoms with van der Waals surface area (Å²) in [6.07, 6.45) is -0.225. The molecule has 1 rings (SSSR count). The molecule has 1 amide bonds. The van der Waals surface area contributed by atoms with Crippen molar-refractivity contribution in [1.29, 1.82) is 0 Å². The molecular weight excluding hydrogens is 312 g/mol. The Morgan fingerprint density at radius 2 is 2.04 bits per heavy atom. The maximum atomic E-state index is 10.7. The largest absolute Gasteiger partial charge is 0.465 e. The lowest BCUT2D eigenvalue weighted by atomic mass is 10.1. The Morgan fingerprint density at radius 1 is 1.35 bits per heavy atom. The van der Waals surface area contributed by atoms with E-state index in [1.54, 1.807) is 11.9 Å². The third kappa shape index (κ3) is 7.72. The van der Waals surface area contributed by atoms with E-state index in [9.17, 15) is 9.90 Å². The van der Waals surface area contributed by atoms with E-state index in [4.69, 9.17) is 5.11 Å². The third-order valence-corrected chi connectivity index (χ3v) is 4.53. The Hall–Kier alpha value is -1.24. The molecule has 0 heterocycles. The van der Waals surface area contributed by atoms with Gasteiger partial charge in [-0.15, -0.1) is 0 Å². The van der Waals surface area contributed by atoms with Crippen molar-refractivity contribution in [3.05, 3.63) is 29.3 Å². The van der Waals surface area contributed by atoms with Crippen LogP contribution in [0.15, 0.2) is 23.1 Å². The maximum Gasteiger partial charge on any atom is 0.404 e. The first kappa shape index (κ1) is 19.8. The van der Waals surface area contributed by atoms with Gasteiger partial charge in [-0.3, -0.25) is 0 Å². The Labute approximate surface area is 143 Å². The van der Waals surface area contributed by atoms with Gasteiger partial charge in [0, 0.05) is 24.0 Å². The molecule has 0 aliphatic heterocycles. The van der Waals surface area contributed by atoms with Gasteiger partial charge in [0.05, 0.1) is 6.61 Å². The number of aliphatic hydroxyl groups excluding tert-OH is 1. The molecule has 3 N–H and O–H groups in total. The van der Waals surface area contributed by atoms with Crippen LogP contribution in [0.25, 0.3) is 0 Å². The zero-order valence-corrected chi connectivity index (χ0v) is 15.2. The average molecular weight is 340 g/mol. The van der Waals surface area contributed by atoms with Crippen LogP contribution in [0.4, 0.5) is 4.79 Å². The van der Waals surface area contributed by atoms with Gasteiger partial charge in [-0.25, -0.2) is 9.10 Å². The molecule has 6 heteroatoms. The van der Waals surface area contributed by atoms with Gasteiger partial charge < -0.3 is 15.5 Å². The van der Waals surface area contributed by atoms with Crippen LogP contribution in [-0.4, -0.2) is 39.7 Å². The summed E-state index contributed by atoms with van der Waals surface area (Å²) in [6, 6.07) is 6.03. The van der Waals surface area contributed by atoms with Crippen molar-refractivity contribution in [3.8, 4) is 0 Å². The van der Waals surface area contributed by atoms with Gasteiger partial charge in [-0.2, -0.15) is 0 Å². The van der Waals surface area contributed by atoms with Crippen molar-refractivity contribution in [1.82, 2.24) is 9.62 Å². The molecule has 5 nitrogen and oxygen atoms in total. The van der Waals surface area contributed by atoms with E-state index in [0.717, 1.165) is 35.5 Å². The topological polar surface area (TPSA) is 72.8 Å². The summed E-state index contributed by atoms with van der Waals surface area (Å²) in [5, 5.41) is 20.6. The molecule has 0 spiro atoms. The normalized spacial score (nSPS) is 12.7. The van der Waals surface area contributed by atoms with Crippen molar-refractivity contribution in [3.63, 3.8) is 0 Å². The fourth-order valence-corrected chi connectivity index (χ4v) is 3.42. The zero-order chi connectivity index (χ0) is 17.4. The fraction of sp³-hybridized carbons (Fsp3) is 0.588. The number of nitrogens with zero attached hydrogens (tertiary/aromatic N) is 1. The number of carboxylic acid groups (broad SMARTS) is 1. The Morgan fingerprint density at radius 3 is 2.61 bits per heavy atom. The van der Waals surface area contributed by atoms with E-state index in [2.05, 4.69) is 29.5 Å². The van der Waals surface area contributed by atoms with Gasteiger partial charge in [-0.1, -0.05) is 19.9 Å². The molecule has 0 bridgehead atoms. The second-order valence-corrected chi connectivity index (χ2v) is 7.43. The average Bonchev–Trinajstić information content (AvgIpc) is 2.45. The van der Waals surface area contributed by atoms with Crippen LogP contribution < -0.4 is 5.32 Å². The highest BCUT2D eigenvalue weighted by Crippen LogP contribution is 2.26. The summed E-state index contributed by atoms with van der Waals surface area (Å²) in [4.78, 5) is 11.8. The van der Waals surface area contributed by atoms with Crippen LogP contribution in [0.2, 0.25) is 0 Å². The van der Waals surface area contributed by atoms with E-state index >= 15 is 0 Å². The van der Waals surface area contributed by atoms with E-state index in [-0.39, 0.29) is 12.6 Å². The molecule has 0 saturated heterocycles.